The highest BCUT2D eigenvalue weighted by atomic mass is 32.2. The molecule has 3 aromatic carbocycles. The lowest BCUT2D eigenvalue weighted by Gasteiger charge is -2.10. The number of nitrogens with one attached hydrogen (secondary N) is 2. The maximum absolute atomic E-state index is 14.2. The van der Waals surface area contributed by atoms with Crippen LogP contribution in [0.3, 0.4) is 0 Å². The van der Waals surface area contributed by atoms with Gasteiger partial charge in [0.2, 0.25) is 10.0 Å². The molecular weight excluding hydrogens is 398 g/mol. The molecule has 1 amide bonds. The third-order valence-electron chi connectivity index (χ3n) is 4.23. The van der Waals surface area contributed by atoms with Gasteiger partial charge in [-0.3, -0.25) is 4.79 Å². The maximum Gasteiger partial charge on any atom is 0.258 e. The molecule has 0 spiro atoms. The van der Waals surface area contributed by atoms with Crippen LogP contribution in [0.2, 0.25) is 0 Å². The van der Waals surface area contributed by atoms with Crippen molar-refractivity contribution in [3.8, 4) is 0 Å². The van der Waals surface area contributed by atoms with Gasteiger partial charge in [0.05, 0.1) is 10.5 Å². The third-order valence-corrected chi connectivity index (χ3v) is 5.63. The van der Waals surface area contributed by atoms with Crippen LogP contribution in [-0.4, -0.2) is 14.3 Å². The number of carbonyl (C=O) groups excluding carboxylic acids is 1. The summed E-state index contributed by atoms with van der Waals surface area (Å²) in [4.78, 5) is 12.1. The molecule has 8 heteroatoms. The molecule has 0 aliphatic carbocycles. The molecule has 0 aromatic heterocycles. The number of hydrogen-bond donors (Lipinski definition) is 2. The summed E-state index contributed by atoms with van der Waals surface area (Å²) in [5, 5.41) is 2.37. The van der Waals surface area contributed by atoms with Gasteiger partial charge in [0.25, 0.3) is 5.91 Å². The number of anilines is 1. The number of rotatable bonds is 6. The molecule has 0 saturated carbocycles. The Bertz CT molecular complexity index is 1150. The monoisotopic (exact) mass is 416 g/mol. The highest BCUT2D eigenvalue weighted by Crippen LogP contribution is 2.19. The lowest BCUT2D eigenvalue weighted by Crippen LogP contribution is -2.24. The van der Waals surface area contributed by atoms with E-state index in [2.05, 4.69) is 10.0 Å². The van der Waals surface area contributed by atoms with E-state index >= 15 is 0 Å². The van der Waals surface area contributed by atoms with E-state index < -0.39 is 33.1 Å². The fourth-order valence-electron chi connectivity index (χ4n) is 2.57. The first-order valence-electron chi connectivity index (χ1n) is 8.67. The molecule has 0 aliphatic rings. The van der Waals surface area contributed by atoms with Crippen LogP contribution < -0.4 is 10.0 Å². The number of aryl methyl sites for hydroxylation is 1. The van der Waals surface area contributed by atoms with Crippen LogP contribution in [0.1, 0.15) is 21.5 Å². The molecule has 5 nitrogen and oxygen atoms in total. The van der Waals surface area contributed by atoms with Crippen LogP contribution >= 0.6 is 0 Å². The molecule has 29 heavy (non-hydrogen) atoms. The first-order chi connectivity index (χ1) is 13.8. The smallest absolute Gasteiger partial charge is 0.258 e. The van der Waals surface area contributed by atoms with Gasteiger partial charge >= 0.3 is 0 Å². The van der Waals surface area contributed by atoms with Gasteiger partial charge in [-0.2, -0.15) is 0 Å². The van der Waals surface area contributed by atoms with Crippen molar-refractivity contribution in [2.75, 3.05) is 5.32 Å². The van der Waals surface area contributed by atoms with E-state index in [1.165, 1.54) is 12.1 Å². The van der Waals surface area contributed by atoms with Crippen molar-refractivity contribution in [3.63, 3.8) is 0 Å². The average Bonchev–Trinajstić information content (AvgIpc) is 2.70. The highest BCUT2D eigenvalue weighted by Gasteiger charge is 2.20. The van der Waals surface area contributed by atoms with Gasteiger partial charge < -0.3 is 5.32 Å². The summed E-state index contributed by atoms with van der Waals surface area (Å²) in [5.41, 5.74) is 0.811. The minimum Gasteiger partial charge on any atom is -0.322 e. The lowest BCUT2D eigenvalue weighted by atomic mass is 10.1. The Balaban J connectivity index is 1.81. The standard InChI is InChI=1S/C21H18F2N2O3S/c1-14-7-8-16(11-20(14)23)25-21(26)18-12-17(9-10-19(18)22)29(27,28)24-13-15-5-3-2-4-6-15/h2-12,24H,13H2,1H3,(H,25,26). The SMILES string of the molecule is Cc1ccc(NC(=O)c2cc(S(=O)(=O)NCc3ccccc3)ccc2F)cc1F. The molecule has 0 fully saturated rings. The second-order valence-corrected chi connectivity index (χ2v) is 8.14. The second-order valence-electron chi connectivity index (χ2n) is 6.37. The topological polar surface area (TPSA) is 75.3 Å². The Hall–Kier alpha value is -3.10. The van der Waals surface area contributed by atoms with E-state index in [1.807, 2.05) is 6.07 Å². The predicted octanol–water partition coefficient (Wildman–Crippen LogP) is 4.00. The van der Waals surface area contributed by atoms with E-state index in [9.17, 15) is 22.0 Å². The molecule has 0 atom stereocenters. The van der Waals surface area contributed by atoms with E-state index in [4.69, 9.17) is 0 Å². The van der Waals surface area contributed by atoms with E-state index in [0.717, 1.165) is 29.8 Å². The van der Waals surface area contributed by atoms with E-state index in [0.29, 0.717) is 5.56 Å². The van der Waals surface area contributed by atoms with Crippen molar-refractivity contribution in [1.82, 2.24) is 4.72 Å². The number of carbonyl (C=O) groups is 1. The molecular formula is C21H18F2N2O3S. The quantitative estimate of drug-likeness (QED) is 0.638. The first kappa shape index (κ1) is 20.6. The normalized spacial score (nSPS) is 11.3. The molecule has 0 heterocycles. The highest BCUT2D eigenvalue weighted by molar-refractivity contribution is 7.89. The molecule has 3 rings (SSSR count). The Morgan fingerprint density at radius 3 is 2.34 bits per heavy atom. The van der Waals surface area contributed by atoms with Crippen molar-refractivity contribution < 1.29 is 22.0 Å². The Morgan fingerprint density at radius 2 is 1.66 bits per heavy atom. The number of hydrogen-bond acceptors (Lipinski definition) is 3. The fourth-order valence-corrected chi connectivity index (χ4v) is 3.62. The van der Waals surface area contributed by atoms with Gasteiger partial charge in [0, 0.05) is 12.2 Å². The fraction of sp³-hybridized carbons (Fsp3) is 0.0952. The molecule has 0 radical (unpaired) electrons. The summed E-state index contributed by atoms with van der Waals surface area (Å²) in [6.45, 7) is 1.61. The third kappa shape index (κ3) is 5.04. The maximum atomic E-state index is 14.2. The van der Waals surface area contributed by atoms with Crippen LogP contribution in [0.25, 0.3) is 0 Å². The van der Waals surface area contributed by atoms with Gasteiger partial charge in [-0.1, -0.05) is 36.4 Å². The van der Waals surface area contributed by atoms with E-state index in [-0.39, 0.29) is 17.1 Å². The zero-order valence-electron chi connectivity index (χ0n) is 15.4. The van der Waals surface area contributed by atoms with Crippen molar-refractivity contribution in [2.24, 2.45) is 0 Å². The minimum absolute atomic E-state index is 0.0464. The van der Waals surface area contributed by atoms with Gasteiger partial charge in [-0.25, -0.2) is 21.9 Å². The van der Waals surface area contributed by atoms with Crippen LogP contribution in [0.15, 0.2) is 71.6 Å². The zero-order chi connectivity index (χ0) is 21.0. The van der Waals surface area contributed by atoms with Crippen LogP contribution in [0, 0.1) is 18.6 Å². The van der Waals surface area contributed by atoms with Gasteiger partial charge in [-0.15, -0.1) is 0 Å². The van der Waals surface area contributed by atoms with E-state index in [1.54, 1.807) is 31.2 Å². The number of benzene rings is 3. The van der Waals surface area contributed by atoms with Crippen molar-refractivity contribution in [1.29, 1.82) is 0 Å². The molecule has 0 aliphatic heterocycles. The summed E-state index contributed by atoms with van der Waals surface area (Å²) in [6.07, 6.45) is 0. The summed E-state index contributed by atoms with van der Waals surface area (Å²) in [5.74, 6) is -2.30. The summed E-state index contributed by atoms with van der Waals surface area (Å²) in [7, 11) is -3.97. The molecule has 0 bridgehead atoms. The first-order valence-corrected chi connectivity index (χ1v) is 10.2. The van der Waals surface area contributed by atoms with Crippen molar-refractivity contribution in [3.05, 3.63) is 95.1 Å². The summed E-state index contributed by atoms with van der Waals surface area (Å²) < 4.78 is 55.2. The van der Waals surface area contributed by atoms with Gasteiger partial charge in [-0.05, 0) is 48.4 Å². The number of sulfonamides is 1. The van der Waals surface area contributed by atoms with Crippen LogP contribution in [0.5, 0.6) is 0 Å². The second kappa shape index (κ2) is 8.50. The molecule has 150 valence electrons. The Labute approximate surface area is 167 Å². The predicted molar refractivity (Wildman–Crippen MR) is 106 cm³/mol. The number of amides is 1. The Morgan fingerprint density at radius 1 is 0.931 bits per heavy atom. The zero-order valence-corrected chi connectivity index (χ0v) is 16.3. The molecule has 3 aromatic rings. The van der Waals surface area contributed by atoms with Crippen LogP contribution in [-0.2, 0) is 16.6 Å². The van der Waals surface area contributed by atoms with Gasteiger partial charge in [0.15, 0.2) is 0 Å². The van der Waals surface area contributed by atoms with Gasteiger partial charge in [0.1, 0.15) is 11.6 Å². The molecule has 2 N–H and O–H groups in total. The minimum atomic E-state index is -3.97. The number of halogens is 2. The molecule has 0 saturated heterocycles. The summed E-state index contributed by atoms with van der Waals surface area (Å²) >= 11 is 0. The molecule has 0 unspecified atom stereocenters. The largest absolute Gasteiger partial charge is 0.322 e. The summed E-state index contributed by atoms with van der Waals surface area (Å²) in [6, 6.07) is 15.8. The lowest BCUT2D eigenvalue weighted by molar-refractivity contribution is 0.102. The van der Waals surface area contributed by atoms with Crippen LogP contribution in [0.4, 0.5) is 14.5 Å². The van der Waals surface area contributed by atoms with Crippen molar-refractivity contribution in [2.45, 2.75) is 18.4 Å². The van der Waals surface area contributed by atoms with Crippen molar-refractivity contribution >= 4 is 21.6 Å². The average molecular weight is 416 g/mol. The Kier molecular flexibility index (Phi) is 6.05.